The Hall–Kier alpha value is -4.54. The van der Waals surface area contributed by atoms with Crippen LogP contribution in [0.25, 0.3) is 11.6 Å². The third-order valence-corrected chi connectivity index (χ3v) is 6.72. The molecule has 0 fully saturated rings. The summed E-state index contributed by atoms with van der Waals surface area (Å²) in [4.78, 5) is 40.6. The van der Waals surface area contributed by atoms with Crippen molar-refractivity contribution in [3.63, 3.8) is 0 Å². The van der Waals surface area contributed by atoms with Gasteiger partial charge in [0.2, 0.25) is 5.91 Å². The van der Waals surface area contributed by atoms with Crippen LogP contribution >= 0.6 is 0 Å². The van der Waals surface area contributed by atoms with Crippen LogP contribution in [0.2, 0.25) is 0 Å². The molecule has 11 heteroatoms. The van der Waals surface area contributed by atoms with E-state index in [1.54, 1.807) is 44.2 Å². The van der Waals surface area contributed by atoms with Gasteiger partial charge in [-0.05, 0) is 62.6 Å². The topological polar surface area (TPSA) is 129 Å². The van der Waals surface area contributed by atoms with E-state index in [0.717, 1.165) is 18.6 Å². The van der Waals surface area contributed by atoms with Crippen molar-refractivity contribution in [2.24, 2.45) is 0 Å². The number of fused-ring (bicyclic) bond motifs is 1. The van der Waals surface area contributed by atoms with Gasteiger partial charge >= 0.3 is 6.18 Å². The van der Waals surface area contributed by atoms with E-state index in [2.05, 4.69) is 20.9 Å². The Morgan fingerprint density at radius 2 is 1.80 bits per heavy atom. The van der Waals surface area contributed by atoms with Crippen molar-refractivity contribution in [3.8, 4) is 0 Å². The number of hydrogen-bond acceptors (Lipinski definition) is 4. The molecule has 0 aliphatic carbocycles. The predicted molar refractivity (Wildman–Crippen MR) is 148 cm³/mol. The number of rotatable bonds is 9. The zero-order chi connectivity index (χ0) is 29.0. The third-order valence-electron chi connectivity index (χ3n) is 6.72. The number of H-pyrrole nitrogens is 1. The first-order chi connectivity index (χ1) is 19.0. The van der Waals surface area contributed by atoms with Crippen molar-refractivity contribution < 1.29 is 27.6 Å². The van der Waals surface area contributed by atoms with Crippen molar-refractivity contribution in [1.82, 2.24) is 10.3 Å². The molecule has 1 aliphatic rings. The van der Waals surface area contributed by atoms with Crippen LogP contribution in [0.4, 0.5) is 30.2 Å². The summed E-state index contributed by atoms with van der Waals surface area (Å²) in [5.74, 6) is -0.922. The number of anilines is 3. The summed E-state index contributed by atoms with van der Waals surface area (Å²) in [6.45, 7) is 3.90. The quantitative estimate of drug-likeness (QED) is 0.133. The first-order valence-electron chi connectivity index (χ1n) is 12.8. The highest BCUT2D eigenvalue weighted by Crippen LogP contribution is 2.38. The number of aromatic amines is 1. The molecular formula is C29H30F3N5O3. The molecule has 1 aromatic heterocycles. The molecule has 0 radical (unpaired) electrons. The molecule has 2 heterocycles. The van der Waals surface area contributed by atoms with E-state index in [4.69, 9.17) is 5.73 Å². The molecule has 4 rings (SSSR count). The van der Waals surface area contributed by atoms with Crippen molar-refractivity contribution in [3.05, 3.63) is 76.1 Å². The molecule has 3 amide bonds. The van der Waals surface area contributed by atoms with E-state index in [1.165, 1.54) is 6.07 Å². The minimum atomic E-state index is -4.52. The standard InChI is InChI=1S/C29H30F3N5O3/c1-16-23(15-20-19-12-11-18(29(30,31)32)14-24(19)37-27(20)39)35-17(2)26(16)28(40)34-13-7-3-4-10-25(38)36-22-9-6-5-8-21(22)33/h5-6,8-9,11-12,14-15,35H,3-4,7,10,13,33H2,1-2H3,(H,34,40)(H,36,38)(H,37,39)/b20-15-. The predicted octanol–water partition coefficient (Wildman–Crippen LogP) is 5.65. The lowest BCUT2D eigenvalue weighted by Crippen LogP contribution is -2.25. The fourth-order valence-electron chi connectivity index (χ4n) is 4.62. The summed E-state index contributed by atoms with van der Waals surface area (Å²) >= 11 is 0. The van der Waals surface area contributed by atoms with Gasteiger partial charge in [0.15, 0.2) is 0 Å². The number of nitrogens with one attached hydrogen (secondary N) is 4. The second-order valence-corrected chi connectivity index (χ2v) is 9.64. The van der Waals surface area contributed by atoms with Gasteiger partial charge in [-0.2, -0.15) is 13.2 Å². The highest BCUT2D eigenvalue weighted by atomic mass is 19.4. The molecule has 0 unspecified atom stereocenters. The Kier molecular flexibility index (Phi) is 8.32. The lowest BCUT2D eigenvalue weighted by Gasteiger charge is -2.08. The van der Waals surface area contributed by atoms with Crippen LogP contribution in [0.15, 0.2) is 42.5 Å². The number of benzene rings is 2. The second-order valence-electron chi connectivity index (χ2n) is 9.64. The summed E-state index contributed by atoms with van der Waals surface area (Å²) in [5, 5.41) is 8.15. The van der Waals surface area contributed by atoms with E-state index < -0.39 is 17.6 Å². The SMILES string of the molecule is Cc1[nH]c(/C=C2\C(=O)Nc3cc(C(F)(F)F)ccc32)c(C)c1C(=O)NCCCCCC(=O)Nc1ccccc1N. The molecule has 3 aromatic rings. The van der Waals surface area contributed by atoms with Crippen LogP contribution in [-0.4, -0.2) is 29.3 Å². The van der Waals surface area contributed by atoms with Crippen molar-refractivity contribution in [1.29, 1.82) is 0 Å². The molecule has 8 nitrogen and oxygen atoms in total. The molecule has 0 saturated carbocycles. The first kappa shape index (κ1) is 28.5. The van der Waals surface area contributed by atoms with Gasteiger partial charge in [-0.3, -0.25) is 14.4 Å². The summed E-state index contributed by atoms with van der Waals surface area (Å²) in [6.07, 6.45) is -0.559. The summed E-state index contributed by atoms with van der Waals surface area (Å²) in [5.41, 5.74) is 8.91. The minimum Gasteiger partial charge on any atom is -0.397 e. The Labute approximate surface area is 229 Å². The Bertz CT molecular complexity index is 1490. The lowest BCUT2D eigenvalue weighted by molar-refractivity contribution is -0.137. The van der Waals surface area contributed by atoms with Gasteiger partial charge in [-0.1, -0.05) is 24.6 Å². The minimum absolute atomic E-state index is 0.0895. The van der Waals surface area contributed by atoms with Gasteiger partial charge in [-0.25, -0.2) is 0 Å². The van der Waals surface area contributed by atoms with Crippen LogP contribution < -0.4 is 21.7 Å². The monoisotopic (exact) mass is 553 g/mol. The van der Waals surface area contributed by atoms with Crippen molar-refractivity contribution in [2.75, 3.05) is 22.9 Å². The van der Waals surface area contributed by atoms with Gasteiger partial charge < -0.3 is 26.7 Å². The molecule has 0 spiro atoms. The number of amides is 3. The van der Waals surface area contributed by atoms with Crippen LogP contribution in [-0.2, 0) is 15.8 Å². The molecule has 0 bridgehead atoms. The van der Waals surface area contributed by atoms with Crippen LogP contribution in [0, 0.1) is 13.8 Å². The number of carbonyl (C=O) groups excluding carboxylic acids is 3. The van der Waals surface area contributed by atoms with Gasteiger partial charge in [0, 0.05) is 35.6 Å². The number of aromatic nitrogens is 1. The van der Waals surface area contributed by atoms with Gasteiger partial charge in [-0.15, -0.1) is 0 Å². The maximum Gasteiger partial charge on any atom is 0.416 e. The van der Waals surface area contributed by atoms with E-state index >= 15 is 0 Å². The number of para-hydroxylation sites is 2. The number of alkyl halides is 3. The molecule has 40 heavy (non-hydrogen) atoms. The maximum absolute atomic E-state index is 13.1. The second kappa shape index (κ2) is 11.7. The number of nitrogens with two attached hydrogens (primary N) is 1. The fraction of sp³-hybridized carbons (Fsp3) is 0.276. The number of unbranched alkanes of at least 4 members (excludes halogenated alkanes) is 2. The van der Waals surface area contributed by atoms with Crippen LogP contribution in [0.1, 0.15) is 64.1 Å². The van der Waals surface area contributed by atoms with Gasteiger partial charge in [0.05, 0.1) is 28.1 Å². The number of nitrogen functional groups attached to an aromatic ring is 1. The first-order valence-corrected chi connectivity index (χ1v) is 12.8. The highest BCUT2D eigenvalue weighted by Gasteiger charge is 2.33. The number of halogens is 3. The zero-order valence-corrected chi connectivity index (χ0v) is 22.1. The van der Waals surface area contributed by atoms with Crippen LogP contribution in [0.5, 0.6) is 0 Å². The Balaban J connectivity index is 1.32. The maximum atomic E-state index is 13.1. The molecule has 210 valence electrons. The van der Waals surface area contributed by atoms with Crippen molar-refractivity contribution in [2.45, 2.75) is 45.7 Å². The normalized spacial score (nSPS) is 13.7. The van der Waals surface area contributed by atoms with E-state index in [1.807, 2.05) is 0 Å². The van der Waals surface area contributed by atoms with Crippen LogP contribution in [0.3, 0.4) is 0 Å². The third kappa shape index (κ3) is 6.36. The average molecular weight is 554 g/mol. The summed E-state index contributed by atoms with van der Waals surface area (Å²) in [7, 11) is 0. The molecule has 2 aromatic carbocycles. The highest BCUT2D eigenvalue weighted by molar-refractivity contribution is 6.35. The molecular weight excluding hydrogens is 523 g/mol. The smallest absolute Gasteiger partial charge is 0.397 e. The lowest BCUT2D eigenvalue weighted by atomic mass is 10.0. The molecule has 6 N–H and O–H groups in total. The summed E-state index contributed by atoms with van der Waals surface area (Å²) in [6, 6.07) is 10.1. The fourth-order valence-corrected chi connectivity index (χ4v) is 4.62. The number of aryl methyl sites for hydroxylation is 1. The Morgan fingerprint density at radius 3 is 2.52 bits per heavy atom. The van der Waals surface area contributed by atoms with E-state index in [0.29, 0.717) is 65.3 Å². The Morgan fingerprint density at radius 1 is 1.05 bits per heavy atom. The zero-order valence-electron chi connectivity index (χ0n) is 22.1. The molecule has 0 saturated heterocycles. The molecule has 1 aliphatic heterocycles. The number of hydrogen-bond donors (Lipinski definition) is 5. The largest absolute Gasteiger partial charge is 0.416 e. The van der Waals surface area contributed by atoms with Gasteiger partial charge in [0.1, 0.15) is 0 Å². The van der Waals surface area contributed by atoms with E-state index in [-0.39, 0.29) is 23.1 Å². The van der Waals surface area contributed by atoms with Gasteiger partial charge in [0.25, 0.3) is 11.8 Å². The average Bonchev–Trinajstić information content (AvgIpc) is 3.35. The van der Waals surface area contributed by atoms with E-state index in [9.17, 15) is 27.6 Å². The molecule has 0 atom stereocenters. The summed E-state index contributed by atoms with van der Waals surface area (Å²) < 4.78 is 39.2. The van der Waals surface area contributed by atoms with Crippen molar-refractivity contribution >= 4 is 46.4 Å². The number of carbonyl (C=O) groups is 3.